The number of benzene rings is 3. The second-order valence-corrected chi connectivity index (χ2v) is 7.80. The molecule has 156 valence electrons. The summed E-state index contributed by atoms with van der Waals surface area (Å²) in [7, 11) is 1.61. The van der Waals surface area contributed by atoms with E-state index in [2.05, 4.69) is 34.2 Å². The van der Waals surface area contributed by atoms with Crippen molar-refractivity contribution in [2.75, 3.05) is 12.4 Å². The van der Waals surface area contributed by atoms with Crippen LogP contribution in [0.2, 0.25) is 0 Å². The Bertz CT molecular complexity index is 1070. The predicted octanol–water partition coefficient (Wildman–Crippen LogP) is 5.96. The van der Waals surface area contributed by atoms with Gasteiger partial charge in [0.25, 0.3) is 0 Å². The maximum absolute atomic E-state index is 11.3. The minimum Gasteiger partial charge on any atom is -0.493 e. The minimum atomic E-state index is -0.936. The third-order valence-corrected chi connectivity index (χ3v) is 5.75. The summed E-state index contributed by atoms with van der Waals surface area (Å²) in [5, 5.41) is 12.6. The number of halogens is 1. The maximum atomic E-state index is 11.3. The molecule has 0 unspecified atom stereocenters. The van der Waals surface area contributed by atoms with Crippen molar-refractivity contribution in [3.05, 3.63) is 86.9 Å². The van der Waals surface area contributed by atoms with Gasteiger partial charge in [0.05, 0.1) is 12.7 Å². The molecule has 0 saturated heterocycles. The van der Waals surface area contributed by atoms with Crippen LogP contribution in [-0.2, 0) is 13.2 Å². The summed E-state index contributed by atoms with van der Waals surface area (Å²) in [6, 6.07) is 17.1. The molecule has 3 aromatic rings. The summed E-state index contributed by atoms with van der Waals surface area (Å²) >= 11 is 3.61. The van der Waals surface area contributed by atoms with Crippen molar-refractivity contribution in [3.8, 4) is 11.5 Å². The Hall–Kier alpha value is -2.99. The van der Waals surface area contributed by atoms with E-state index in [1.54, 1.807) is 26.2 Å². The highest BCUT2D eigenvalue weighted by Gasteiger charge is 2.13. The Labute approximate surface area is 184 Å². The highest BCUT2D eigenvalue weighted by atomic mass is 79.9. The number of carboxylic acids is 1. The molecule has 30 heavy (non-hydrogen) atoms. The fraction of sp³-hybridized carbons (Fsp3) is 0.208. The van der Waals surface area contributed by atoms with Crippen molar-refractivity contribution >= 4 is 27.6 Å². The largest absolute Gasteiger partial charge is 0.493 e. The fourth-order valence-corrected chi connectivity index (χ4v) is 3.62. The van der Waals surface area contributed by atoms with E-state index in [1.807, 2.05) is 36.4 Å². The lowest BCUT2D eigenvalue weighted by Crippen LogP contribution is -2.07. The highest BCUT2D eigenvalue weighted by molar-refractivity contribution is 9.10. The second-order valence-electron chi connectivity index (χ2n) is 6.95. The summed E-state index contributed by atoms with van der Waals surface area (Å²) in [5.41, 5.74) is 5.03. The van der Waals surface area contributed by atoms with Gasteiger partial charge >= 0.3 is 5.97 Å². The average Bonchev–Trinajstić information content (AvgIpc) is 2.73. The molecule has 0 bridgehead atoms. The molecule has 0 aliphatic heterocycles. The van der Waals surface area contributed by atoms with Crippen LogP contribution in [-0.4, -0.2) is 18.2 Å². The molecule has 0 aromatic heterocycles. The molecule has 0 atom stereocenters. The van der Waals surface area contributed by atoms with E-state index in [1.165, 1.54) is 5.56 Å². The number of nitrogens with one attached hydrogen (secondary N) is 1. The van der Waals surface area contributed by atoms with Crippen molar-refractivity contribution in [2.24, 2.45) is 0 Å². The van der Waals surface area contributed by atoms with Crippen LogP contribution in [0, 0.1) is 13.8 Å². The third-order valence-electron chi connectivity index (χ3n) is 5.01. The first-order valence-electron chi connectivity index (χ1n) is 9.51. The van der Waals surface area contributed by atoms with Crippen molar-refractivity contribution in [2.45, 2.75) is 27.0 Å². The van der Waals surface area contributed by atoms with Crippen LogP contribution in [0.5, 0.6) is 11.5 Å². The van der Waals surface area contributed by atoms with Crippen LogP contribution in [0.4, 0.5) is 5.69 Å². The van der Waals surface area contributed by atoms with Gasteiger partial charge in [0.1, 0.15) is 6.61 Å². The number of aromatic carboxylic acids is 1. The minimum absolute atomic E-state index is 0.289. The van der Waals surface area contributed by atoms with Gasteiger partial charge in [-0.1, -0.05) is 46.3 Å². The average molecular weight is 470 g/mol. The molecule has 0 fully saturated rings. The predicted molar refractivity (Wildman–Crippen MR) is 122 cm³/mol. The first-order chi connectivity index (χ1) is 14.4. The summed E-state index contributed by atoms with van der Waals surface area (Å²) in [6.07, 6.45) is 0. The van der Waals surface area contributed by atoms with Gasteiger partial charge < -0.3 is 19.9 Å². The molecule has 0 aliphatic carbocycles. The van der Waals surface area contributed by atoms with Gasteiger partial charge in [-0.2, -0.15) is 0 Å². The lowest BCUT2D eigenvalue weighted by Gasteiger charge is -2.16. The molecular formula is C24H24BrNO4. The smallest absolute Gasteiger partial charge is 0.336 e. The fourth-order valence-electron chi connectivity index (χ4n) is 3.16. The zero-order valence-electron chi connectivity index (χ0n) is 17.2. The Balaban J connectivity index is 1.76. The zero-order chi connectivity index (χ0) is 21.7. The topological polar surface area (TPSA) is 67.8 Å². The first kappa shape index (κ1) is 21.7. The number of hydrogen-bond acceptors (Lipinski definition) is 4. The number of carbonyl (C=O) groups is 1. The van der Waals surface area contributed by atoms with Crippen molar-refractivity contribution < 1.29 is 19.4 Å². The lowest BCUT2D eigenvalue weighted by atomic mass is 10.1. The third kappa shape index (κ3) is 4.94. The standard InChI is InChI=1S/C24H24BrNO4/c1-15-7-4-5-8-17(15)14-30-23-12-20(25)18(11-22(23)29-3)13-26-21-10-6-9-19(16(21)2)24(27)28/h4-12,26H,13-14H2,1-3H3,(H,27,28). The number of hydrogen-bond donors (Lipinski definition) is 2. The van der Waals surface area contributed by atoms with Crippen LogP contribution in [0.25, 0.3) is 0 Å². The number of carboxylic acid groups (broad SMARTS) is 1. The summed E-state index contributed by atoms with van der Waals surface area (Å²) < 4.78 is 12.4. The molecule has 0 spiro atoms. The van der Waals surface area contributed by atoms with Gasteiger partial charge in [-0.15, -0.1) is 0 Å². The number of anilines is 1. The molecule has 2 N–H and O–H groups in total. The van der Waals surface area contributed by atoms with Gasteiger partial charge in [-0.25, -0.2) is 4.79 Å². The number of ether oxygens (including phenoxy) is 2. The van der Waals surface area contributed by atoms with E-state index in [9.17, 15) is 9.90 Å². The Morgan fingerprint density at radius 2 is 1.80 bits per heavy atom. The molecule has 3 aromatic carbocycles. The molecule has 3 rings (SSSR count). The van der Waals surface area contributed by atoms with Crippen LogP contribution in [0.3, 0.4) is 0 Å². The molecule has 0 heterocycles. The Morgan fingerprint density at radius 3 is 2.50 bits per heavy atom. The molecule has 5 nitrogen and oxygen atoms in total. The van der Waals surface area contributed by atoms with Gasteiger partial charge in [0, 0.05) is 16.7 Å². The molecule has 0 amide bonds. The number of rotatable bonds is 8. The SMILES string of the molecule is COc1cc(CNc2cccc(C(=O)O)c2C)c(Br)cc1OCc1ccccc1C. The van der Waals surface area contributed by atoms with Crippen molar-refractivity contribution in [3.63, 3.8) is 0 Å². The number of aryl methyl sites for hydroxylation is 1. The van der Waals surface area contributed by atoms with Crippen LogP contribution >= 0.6 is 15.9 Å². The highest BCUT2D eigenvalue weighted by Crippen LogP contribution is 2.35. The van der Waals surface area contributed by atoms with Crippen LogP contribution in [0.1, 0.15) is 32.6 Å². The lowest BCUT2D eigenvalue weighted by molar-refractivity contribution is 0.0696. The molecule has 0 saturated carbocycles. The van der Waals surface area contributed by atoms with E-state index in [0.29, 0.717) is 30.2 Å². The van der Waals surface area contributed by atoms with E-state index in [-0.39, 0.29) is 5.56 Å². The maximum Gasteiger partial charge on any atom is 0.336 e. The summed E-state index contributed by atoms with van der Waals surface area (Å²) in [4.78, 5) is 11.3. The van der Waals surface area contributed by atoms with Gasteiger partial charge in [-0.3, -0.25) is 0 Å². The van der Waals surface area contributed by atoms with Crippen LogP contribution in [0.15, 0.2) is 59.1 Å². The first-order valence-corrected chi connectivity index (χ1v) is 10.3. The molecule has 6 heteroatoms. The number of methoxy groups -OCH3 is 1. The van der Waals surface area contributed by atoms with Crippen LogP contribution < -0.4 is 14.8 Å². The Kier molecular flexibility index (Phi) is 7.00. The van der Waals surface area contributed by atoms with E-state index in [0.717, 1.165) is 21.3 Å². The van der Waals surface area contributed by atoms with Gasteiger partial charge in [0.2, 0.25) is 0 Å². The molecule has 0 aliphatic rings. The second kappa shape index (κ2) is 9.67. The van der Waals surface area contributed by atoms with Gasteiger partial charge in [-0.05, 0) is 60.4 Å². The molecular weight excluding hydrogens is 446 g/mol. The van der Waals surface area contributed by atoms with E-state index < -0.39 is 5.97 Å². The van der Waals surface area contributed by atoms with Crippen molar-refractivity contribution in [1.82, 2.24) is 0 Å². The summed E-state index contributed by atoms with van der Waals surface area (Å²) in [5.74, 6) is 0.356. The molecule has 0 radical (unpaired) electrons. The zero-order valence-corrected chi connectivity index (χ0v) is 18.7. The van der Waals surface area contributed by atoms with Gasteiger partial charge in [0.15, 0.2) is 11.5 Å². The monoisotopic (exact) mass is 469 g/mol. The van der Waals surface area contributed by atoms with Crippen molar-refractivity contribution in [1.29, 1.82) is 0 Å². The quantitative estimate of drug-likeness (QED) is 0.425. The Morgan fingerprint density at radius 1 is 1.03 bits per heavy atom. The van der Waals surface area contributed by atoms with E-state index >= 15 is 0 Å². The van der Waals surface area contributed by atoms with E-state index in [4.69, 9.17) is 9.47 Å². The summed E-state index contributed by atoms with van der Waals surface area (Å²) in [6.45, 7) is 4.80. The normalized spacial score (nSPS) is 10.5.